The lowest BCUT2D eigenvalue weighted by Gasteiger charge is -1.89. The average Bonchev–Trinajstić information content (AvgIpc) is 2.67. The second-order valence-corrected chi connectivity index (χ2v) is 5.27. The van der Waals surface area contributed by atoms with Crippen LogP contribution in [0.15, 0.2) is 17.7 Å². The van der Waals surface area contributed by atoms with E-state index in [1.54, 1.807) is 17.4 Å². The van der Waals surface area contributed by atoms with Crippen molar-refractivity contribution in [2.24, 2.45) is 0 Å². The summed E-state index contributed by atoms with van der Waals surface area (Å²) in [5.74, 6) is 0.251. The predicted molar refractivity (Wildman–Crippen MR) is 59.5 cm³/mol. The molecule has 14 heavy (non-hydrogen) atoms. The van der Waals surface area contributed by atoms with Crippen molar-refractivity contribution in [3.05, 3.63) is 27.5 Å². The molecule has 0 atom stereocenters. The third kappa shape index (κ3) is 1.81. The number of hydrogen-bond acceptors (Lipinski definition) is 4. The van der Waals surface area contributed by atoms with Gasteiger partial charge in [0.05, 0.1) is 11.3 Å². The molecule has 0 aliphatic carbocycles. The minimum absolute atomic E-state index is 0.0500. The molecule has 0 unspecified atom stereocenters. The van der Waals surface area contributed by atoms with Crippen LogP contribution < -0.4 is 0 Å². The molecular formula is C10H8O2S2. The zero-order valence-corrected chi connectivity index (χ0v) is 9.21. The first-order valence-corrected chi connectivity index (χ1v) is 5.95. The Morgan fingerprint density at radius 2 is 2.14 bits per heavy atom. The Morgan fingerprint density at radius 3 is 2.64 bits per heavy atom. The smallest absolute Gasteiger partial charge is 0.223 e. The number of aryl methyl sites for hydroxylation is 1. The van der Waals surface area contributed by atoms with Crippen LogP contribution in [-0.4, -0.2) is 16.7 Å². The lowest BCUT2D eigenvalue weighted by atomic mass is 10.2. The van der Waals surface area contributed by atoms with Gasteiger partial charge in [-0.3, -0.25) is 9.59 Å². The largest absolute Gasteiger partial charge is 0.293 e. The number of hydrogen-bond donors (Lipinski definition) is 0. The molecule has 1 aliphatic rings. The predicted octanol–water partition coefficient (Wildman–Crippen LogP) is 2.28. The normalized spacial score (nSPS) is 19.6. The zero-order chi connectivity index (χ0) is 10.1. The van der Waals surface area contributed by atoms with Crippen LogP contribution in [0.1, 0.15) is 9.75 Å². The first-order valence-electron chi connectivity index (χ1n) is 4.15. The Kier molecular flexibility index (Phi) is 2.56. The summed E-state index contributed by atoms with van der Waals surface area (Å²) in [7, 11) is 0. The lowest BCUT2D eigenvalue weighted by molar-refractivity contribution is -0.115. The molecule has 1 saturated heterocycles. The van der Waals surface area contributed by atoms with E-state index >= 15 is 0 Å². The molecule has 2 heterocycles. The van der Waals surface area contributed by atoms with E-state index in [1.165, 1.54) is 4.88 Å². The van der Waals surface area contributed by atoms with Crippen LogP contribution in [0, 0.1) is 6.92 Å². The van der Waals surface area contributed by atoms with E-state index in [2.05, 4.69) is 0 Å². The van der Waals surface area contributed by atoms with Crippen molar-refractivity contribution < 1.29 is 9.59 Å². The van der Waals surface area contributed by atoms with Crippen molar-refractivity contribution >= 4 is 40.1 Å². The van der Waals surface area contributed by atoms with Crippen LogP contribution in [-0.2, 0) is 9.59 Å². The lowest BCUT2D eigenvalue weighted by Crippen LogP contribution is -1.99. The van der Waals surface area contributed by atoms with Gasteiger partial charge in [0.15, 0.2) is 5.78 Å². The van der Waals surface area contributed by atoms with Gasteiger partial charge in [0.1, 0.15) is 0 Å². The quantitative estimate of drug-likeness (QED) is 0.542. The third-order valence-corrected chi connectivity index (χ3v) is 3.74. The number of Topliss-reactive ketones (excluding diaryl/α,β-unsaturated/α-hetero) is 1. The van der Waals surface area contributed by atoms with Crippen molar-refractivity contribution in [2.45, 2.75) is 6.92 Å². The van der Waals surface area contributed by atoms with E-state index < -0.39 is 0 Å². The summed E-state index contributed by atoms with van der Waals surface area (Å²) in [4.78, 5) is 24.7. The zero-order valence-electron chi connectivity index (χ0n) is 7.57. The van der Waals surface area contributed by atoms with E-state index in [1.807, 2.05) is 19.1 Å². The first-order chi connectivity index (χ1) is 6.66. The van der Waals surface area contributed by atoms with Crippen LogP contribution in [0.5, 0.6) is 0 Å². The summed E-state index contributed by atoms with van der Waals surface area (Å²) in [6.45, 7) is 2.00. The molecule has 1 aliphatic heterocycles. The molecule has 0 amide bonds. The Morgan fingerprint density at radius 1 is 1.36 bits per heavy atom. The molecule has 0 N–H and O–H groups in total. The molecule has 0 aromatic carbocycles. The molecule has 0 saturated carbocycles. The summed E-state index contributed by atoms with van der Waals surface area (Å²) < 4.78 is 0. The van der Waals surface area contributed by atoms with E-state index in [-0.39, 0.29) is 10.9 Å². The number of carbonyl (C=O) groups is 2. The van der Waals surface area contributed by atoms with E-state index in [0.29, 0.717) is 11.3 Å². The van der Waals surface area contributed by atoms with Gasteiger partial charge < -0.3 is 0 Å². The molecule has 2 rings (SSSR count). The van der Waals surface area contributed by atoms with Gasteiger partial charge in [-0.05, 0) is 25.1 Å². The molecule has 0 spiro atoms. The van der Waals surface area contributed by atoms with E-state index in [9.17, 15) is 9.59 Å². The van der Waals surface area contributed by atoms with Crippen LogP contribution in [0.25, 0.3) is 6.08 Å². The molecule has 0 bridgehead atoms. The number of thiophene rings is 1. The highest BCUT2D eigenvalue weighted by Gasteiger charge is 2.26. The summed E-state index contributed by atoms with van der Waals surface area (Å²) in [6, 6.07) is 3.91. The Balaban J connectivity index is 2.34. The van der Waals surface area contributed by atoms with Gasteiger partial charge >= 0.3 is 0 Å². The molecular weight excluding hydrogens is 216 g/mol. The maximum Gasteiger partial charge on any atom is 0.223 e. The number of ketones is 1. The second kappa shape index (κ2) is 3.71. The van der Waals surface area contributed by atoms with Crippen LogP contribution in [0.2, 0.25) is 0 Å². The van der Waals surface area contributed by atoms with Crippen LogP contribution >= 0.6 is 23.1 Å². The van der Waals surface area contributed by atoms with Crippen molar-refractivity contribution in [2.75, 3.05) is 5.75 Å². The summed E-state index contributed by atoms with van der Waals surface area (Å²) in [5, 5.41) is -0.0962. The van der Waals surface area contributed by atoms with Crippen molar-refractivity contribution in [1.82, 2.24) is 0 Å². The van der Waals surface area contributed by atoms with Gasteiger partial charge in [0.2, 0.25) is 5.12 Å². The average molecular weight is 224 g/mol. The van der Waals surface area contributed by atoms with Crippen molar-refractivity contribution in [3.8, 4) is 0 Å². The molecule has 72 valence electrons. The highest BCUT2D eigenvalue weighted by atomic mass is 32.2. The molecule has 0 radical (unpaired) electrons. The van der Waals surface area contributed by atoms with E-state index in [4.69, 9.17) is 0 Å². The van der Waals surface area contributed by atoms with Crippen molar-refractivity contribution in [3.63, 3.8) is 0 Å². The molecule has 4 heteroatoms. The van der Waals surface area contributed by atoms with Gasteiger partial charge in [-0.1, -0.05) is 11.8 Å². The molecule has 1 aromatic rings. The fourth-order valence-electron chi connectivity index (χ4n) is 1.21. The van der Waals surface area contributed by atoms with Gasteiger partial charge in [0, 0.05) is 9.75 Å². The van der Waals surface area contributed by atoms with Crippen molar-refractivity contribution in [1.29, 1.82) is 0 Å². The Bertz CT molecular complexity index is 411. The van der Waals surface area contributed by atoms with Crippen LogP contribution in [0.3, 0.4) is 0 Å². The minimum atomic E-state index is -0.0962. The molecule has 2 nitrogen and oxygen atoms in total. The Hall–Kier alpha value is -0.870. The van der Waals surface area contributed by atoms with Gasteiger partial charge in [-0.25, -0.2) is 0 Å². The standard InChI is InChI=1S/C10H8O2S2/c1-6-2-3-7(14-6)4-8-9(11)5-13-10(8)12/h2-4H,5H2,1H3. The highest BCUT2D eigenvalue weighted by molar-refractivity contribution is 8.15. The molecule has 1 aromatic heterocycles. The number of carbonyl (C=O) groups excluding carboxylic acids is 2. The van der Waals surface area contributed by atoms with Gasteiger partial charge in [-0.2, -0.15) is 0 Å². The fourth-order valence-corrected chi connectivity index (χ4v) is 2.78. The summed E-state index contributed by atoms with van der Waals surface area (Å²) in [5.41, 5.74) is 0.344. The maximum absolute atomic E-state index is 11.3. The monoisotopic (exact) mass is 224 g/mol. The maximum atomic E-state index is 11.3. The first kappa shape index (κ1) is 9.68. The molecule has 1 fully saturated rings. The fraction of sp³-hybridized carbons (Fsp3) is 0.200. The SMILES string of the molecule is Cc1ccc(C=C2C(=O)CSC2=O)s1. The summed E-state index contributed by atoms with van der Waals surface area (Å²) >= 11 is 2.68. The third-order valence-electron chi connectivity index (χ3n) is 1.90. The van der Waals surface area contributed by atoms with E-state index in [0.717, 1.165) is 16.6 Å². The minimum Gasteiger partial charge on any atom is -0.293 e. The Labute approximate surface area is 90.0 Å². The number of thioether (sulfide) groups is 1. The number of rotatable bonds is 1. The summed E-state index contributed by atoms with van der Waals surface area (Å²) in [6.07, 6.45) is 1.70. The second-order valence-electron chi connectivity index (χ2n) is 3.01. The highest BCUT2D eigenvalue weighted by Crippen LogP contribution is 2.26. The van der Waals surface area contributed by atoms with Crippen LogP contribution in [0.4, 0.5) is 0 Å². The topological polar surface area (TPSA) is 34.1 Å². The van der Waals surface area contributed by atoms with Gasteiger partial charge in [0.25, 0.3) is 0 Å². The van der Waals surface area contributed by atoms with Gasteiger partial charge in [-0.15, -0.1) is 11.3 Å².